The standard InChI is InChI=1S/C25H40N8O3/c1-6-9-32(13-19-7-10-36-11-8-19)17(2)12-31(5)25(35)33-14-20-22(18(33)3)28-29-23(20)27-24(34)21-15-30(4)16-26-21/h15-19H,6-14H2,1-5H3,(H2,27,28,29,34). The fraction of sp³-hybridized carbons (Fsp3) is 0.680. The number of nitrogens with zero attached hydrogens (tertiary/aromatic N) is 6. The van der Waals surface area contributed by atoms with Gasteiger partial charge >= 0.3 is 6.03 Å². The van der Waals surface area contributed by atoms with E-state index in [4.69, 9.17) is 4.74 Å². The topological polar surface area (TPSA) is 112 Å². The number of likely N-dealkylation sites (N-methyl/N-ethyl adjacent to an activating group) is 1. The van der Waals surface area contributed by atoms with Crippen molar-refractivity contribution in [2.24, 2.45) is 13.0 Å². The molecule has 4 rings (SSSR count). The van der Waals surface area contributed by atoms with Crippen molar-refractivity contribution >= 4 is 17.8 Å². The summed E-state index contributed by atoms with van der Waals surface area (Å²) in [4.78, 5) is 36.3. The Hall–Kier alpha value is -2.92. The molecule has 0 aromatic carbocycles. The average Bonchev–Trinajstić information content (AvgIpc) is 3.56. The van der Waals surface area contributed by atoms with E-state index in [9.17, 15) is 9.59 Å². The maximum Gasteiger partial charge on any atom is 0.320 e. The number of nitrogens with one attached hydrogen (secondary N) is 2. The number of aryl methyl sites for hydroxylation is 1. The maximum atomic E-state index is 13.5. The second kappa shape index (κ2) is 11.4. The highest BCUT2D eigenvalue weighted by atomic mass is 16.5. The van der Waals surface area contributed by atoms with Gasteiger partial charge in [-0.05, 0) is 45.6 Å². The second-order valence-corrected chi connectivity index (χ2v) is 10.2. The summed E-state index contributed by atoms with van der Waals surface area (Å²) in [6, 6.07) is 0.0723. The number of anilines is 1. The first kappa shape index (κ1) is 26.2. The molecule has 11 heteroatoms. The van der Waals surface area contributed by atoms with Gasteiger partial charge in [0.2, 0.25) is 0 Å². The van der Waals surface area contributed by atoms with Crippen LogP contribution in [0.1, 0.15) is 67.8 Å². The molecular formula is C25H40N8O3. The minimum absolute atomic E-state index is 0.0246. The number of carbonyl (C=O) groups is 2. The number of hydrogen-bond donors (Lipinski definition) is 2. The largest absolute Gasteiger partial charge is 0.381 e. The fourth-order valence-corrected chi connectivity index (χ4v) is 5.23. The lowest BCUT2D eigenvalue weighted by atomic mass is 9.99. The zero-order chi connectivity index (χ0) is 25.8. The van der Waals surface area contributed by atoms with E-state index in [2.05, 4.69) is 39.2 Å². The van der Waals surface area contributed by atoms with E-state index >= 15 is 0 Å². The molecule has 0 aliphatic carbocycles. The summed E-state index contributed by atoms with van der Waals surface area (Å²) in [7, 11) is 3.68. The summed E-state index contributed by atoms with van der Waals surface area (Å²) in [5.41, 5.74) is 2.02. The van der Waals surface area contributed by atoms with E-state index in [-0.39, 0.29) is 24.0 Å². The third-order valence-electron chi connectivity index (χ3n) is 7.36. The van der Waals surface area contributed by atoms with E-state index in [0.717, 1.165) is 56.8 Å². The Bertz CT molecular complexity index is 1040. The molecule has 2 aliphatic heterocycles. The summed E-state index contributed by atoms with van der Waals surface area (Å²) in [6.07, 6.45) is 6.54. The van der Waals surface area contributed by atoms with Crippen LogP contribution in [0.25, 0.3) is 0 Å². The first-order valence-electron chi connectivity index (χ1n) is 13.0. The van der Waals surface area contributed by atoms with Crippen LogP contribution in [0.4, 0.5) is 10.6 Å². The zero-order valence-corrected chi connectivity index (χ0v) is 22.2. The quantitative estimate of drug-likeness (QED) is 0.548. The number of H-pyrrole nitrogens is 1. The molecule has 1 saturated heterocycles. The lowest BCUT2D eigenvalue weighted by Gasteiger charge is -2.36. The molecule has 4 heterocycles. The van der Waals surface area contributed by atoms with Gasteiger partial charge in [0.25, 0.3) is 5.91 Å². The lowest BCUT2D eigenvalue weighted by molar-refractivity contribution is 0.0436. The maximum absolute atomic E-state index is 13.5. The Balaban J connectivity index is 1.36. The van der Waals surface area contributed by atoms with Crippen molar-refractivity contribution in [3.63, 3.8) is 0 Å². The van der Waals surface area contributed by atoms with Gasteiger partial charge in [-0.15, -0.1) is 0 Å². The highest BCUT2D eigenvalue weighted by Gasteiger charge is 2.37. The zero-order valence-electron chi connectivity index (χ0n) is 22.2. The van der Waals surface area contributed by atoms with Gasteiger partial charge < -0.3 is 24.4 Å². The molecule has 3 amide bonds. The van der Waals surface area contributed by atoms with E-state index < -0.39 is 0 Å². The minimum atomic E-state index is -0.325. The molecule has 0 saturated carbocycles. The molecule has 2 N–H and O–H groups in total. The molecule has 2 aliphatic rings. The summed E-state index contributed by atoms with van der Waals surface area (Å²) < 4.78 is 7.24. The van der Waals surface area contributed by atoms with E-state index in [1.807, 2.05) is 30.8 Å². The van der Waals surface area contributed by atoms with Crippen molar-refractivity contribution in [1.82, 2.24) is 34.4 Å². The molecule has 2 atom stereocenters. The van der Waals surface area contributed by atoms with E-state index in [0.29, 0.717) is 30.5 Å². The first-order valence-corrected chi connectivity index (χ1v) is 13.0. The van der Waals surface area contributed by atoms with Gasteiger partial charge in [-0.25, -0.2) is 9.78 Å². The number of hydrogen-bond acceptors (Lipinski definition) is 6. The predicted octanol–water partition coefficient (Wildman–Crippen LogP) is 2.85. The van der Waals surface area contributed by atoms with Crippen molar-refractivity contribution in [1.29, 1.82) is 0 Å². The molecule has 36 heavy (non-hydrogen) atoms. The van der Waals surface area contributed by atoms with Crippen molar-refractivity contribution in [3.8, 4) is 0 Å². The van der Waals surface area contributed by atoms with E-state index in [1.54, 1.807) is 17.1 Å². The summed E-state index contributed by atoms with van der Waals surface area (Å²) in [6.45, 7) is 11.2. The third kappa shape index (κ3) is 5.73. The Morgan fingerprint density at radius 3 is 2.75 bits per heavy atom. The first-order chi connectivity index (χ1) is 17.3. The van der Waals surface area contributed by atoms with Gasteiger partial charge in [0.15, 0.2) is 5.82 Å². The number of ether oxygens (including phenoxy) is 1. The van der Waals surface area contributed by atoms with Crippen LogP contribution in [0.5, 0.6) is 0 Å². The number of carbonyl (C=O) groups excluding carboxylic acids is 2. The molecule has 2 aromatic heterocycles. The van der Waals surface area contributed by atoms with Gasteiger partial charge in [-0.1, -0.05) is 6.92 Å². The van der Waals surface area contributed by atoms with Crippen LogP contribution in [0.15, 0.2) is 12.5 Å². The molecule has 198 valence electrons. The van der Waals surface area contributed by atoms with Crippen LogP contribution in [-0.2, 0) is 18.3 Å². The van der Waals surface area contributed by atoms with Crippen LogP contribution in [-0.4, -0.2) is 92.3 Å². The lowest BCUT2D eigenvalue weighted by Crippen LogP contribution is -2.48. The van der Waals surface area contributed by atoms with Crippen LogP contribution in [0.3, 0.4) is 0 Å². The SMILES string of the molecule is CCCN(CC1CCOCC1)C(C)CN(C)C(=O)N1Cc2c(NC(=O)c3cn(C)cn3)n[nH]c2C1C. The molecule has 0 radical (unpaired) electrons. The smallest absolute Gasteiger partial charge is 0.320 e. The van der Waals surface area contributed by atoms with Crippen molar-refractivity contribution < 1.29 is 14.3 Å². The van der Waals surface area contributed by atoms with Crippen LogP contribution in [0, 0.1) is 5.92 Å². The molecular weight excluding hydrogens is 460 g/mol. The number of aromatic nitrogens is 4. The van der Waals surface area contributed by atoms with Crippen LogP contribution in [0.2, 0.25) is 0 Å². The second-order valence-electron chi connectivity index (χ2n) is 10.2. The average molecular weight is 501 g/mol. The Labute approximate surface area is 213 Å². The third-order valence-corrected chi connectivity index (χ3v) is 7.36. The van der Waals surface area contributed by atoms with Gasteiger partial charge in [0.1, 0.15) is 5.69 Å². The summed E-state index contributed by atoms with van der Waals surface area (Å²) in [5.74, 6) is 0.780. The van der Waals surface area contributed by atoms with Crippen molar-refractivity contribution in [3.05, 3.63) is 29.5 Å². The van der Waals surface area contributed by atoms with Gasteiger partial charge in [0.05, 0.1) is 24.6 Å². The number of aromatic amines is 1. The molecule has 0 bridgehead atoms. The monoisotopic (exact) mass is 500 g/mol. The Morgan fingerprint density at radius 1 is 1.33 bits per heavy atom. The number of amides is 3. The molecule has 2 unspecified atom stereocenters. The predicted molar refractivity (Wildman–Crippen MR) is 137 cm³/mol. The number of fused-ring (bicyclic) bond motifs is 1. The fourth-order valence-electron chi connectivity index (χ4n) is 5.23. The molecule has 1 fully saturated rings. The van der Waals surface area contributed by atoms with Crippen molar-refractivity contribution in [2.75, 3.05) is 45.2 Å². The minimum Gasteiger partial charge on any atom is -0.381 e. The summed E-state index contributed by atoms with van der Waals surface area (Å²) >= 11 is 0. The van der Waals surface area contributed by atoms with E-state index in [1.165, 1.54) is 0 Å². The number of imidazole rings is 1. The van der Waals surface area contributed by atoms with Gasteiger partial charge in [0, 0.05) is 58.2 Å². The van der Waals surface area contributed by atoms with Gasteiger partial charge in [-0.3, -0.25) is 14.8 Å². The molecule has 2 aromatic rings. The molecule has 11 nitrogen and oxygen atoms in total. The summed E-state index contributed by atoms with van der Waals surface area (Å²) in [5, 5.41) is 10.1. The van der Waals surface area contributed by atoms with Crippen molar-refractivity contribution in [2.45, 2.75) is 58.7 Å². The van der Waals surface area contributed by atoms with Crippen LogP contribution < -0.4 is 5.32 Å². The molecule has 0 spiro atoms. The van der Waals surface area contributed by atoms with Gasteiger partial charge in [-0.2, -0.15) is 5.10 Å². The Kier molecular flexibility index (Phi) is 8.30. The highest BCUT2D eigenvalue weighted by Crippen LogP contribution is 2.36. The normalized spacial score (nSPS) is 18.9. The highest BCUT2D eigenvalue weighted by molar-refractivity contribution is 6.02. The number of rotatable bonds is 9. The number of urea groups is 1. The van der Waals surface area contributed by atoms with Crippen LogP contribution >= 0.6 is 0 Å². The Morgan fingerprint density at radius 2 is 2.08 bits per heavy atom.